The fourth-order valence-electron chi connectivity index (χ4n) is 4.06. The molecule has 2 aliphatic rings. The van der Waals surface area contributed by atoms with Crippen LogP contribution in [-0.2, 0) is 0 Å². The lowest BCUT2D eigenvalue weighted by molar-refractivity contribution is 0.0704. The number of rotatable bonds is 3. The monoisotopic (exact) mass is 457 g/mol. The zero-order valence-electron chi connectivity index (χ0n) is 17.4. The average molecular weight is 458 g/mol. The van der Waals surface area contributed by atoms with E-state index in [0.717, 1.165) is 41.7 Å². The molecule has 0 spiro atoms. The van der Waals surface area contributed by atoms with Crippen molar-refractivity contribution in [3.63, 3.8) is 0 Å². The van der Waals surface area contributed by atoms with Crippen molar-refractivity contribution in [2.75, 3.05) is 31.3 Å². The Bertz CT molecular complexity index is 1140. The minimum Gasteiger partial charge on any atom is -0.337 e. The highest BCUT2D eigenvalue weighted by Crippen LogP contribution is 2.31. The minimum atomic E-state index is -0.111. The summed E-state index contributed by atoms with van der Waals surface area (Å²) in [5.74, 6) is 1.93. The Morgan fingerprint density at radius 3 is 2.61 bits per heavy atom. The van der Waals surface area contributed by atoms with E-state index in [9.17, 15) is 9.59 Å². The number of aryl methyl sites for hydroxylation is 2. The number of piperidine rings is 1. The number of carbonyl (C=O) groups excluding carboxylic acids is 2. The van der Waals surface area contributed by atoms with Crippen molar-refractivity contribution in [3.05, 3.63) is 39.2 Å². The second kappa shape index (κ2) is 8.19. The lowest BCUT2D eigenvalue weighted by Crippen LogP contribution is -2.39. The molecule has 2 saturated heterocycles. The molecule has 0 bridgehead atoms. The van der Waals surface area contributed by atoms with Gasteiger partial charge in [-0.1, -0.05) is 0 Å². The van der Waals surface area contributed by atoms with Gasteiger partial charge in [-0.3, -0.25) is 9.59 Å². The van der Waals surface area contributed by atoms with Crippen LogP contribution in [0.15, 0.2) is 11.4 Å². The third-order valence-electron chi connectivity index (χ3n) is 5.84. The molecule has 162 valence electrons. The molecule has 2 fully saturated rings. The summed E-state index contributed by atoms with van der Waals surface area (Å²) in [4.78, 5) is 33.9. The van der Waals surface area contributed by atoms with Gasteiger partial charge in [0, 0.05) is 42.8 Å². The summed E-state index contributed by atoms with van der Waals surface area (Å²) >= 11 is 3.32. The van der Waals surface area contributed by atoms with Crippen LogP contribution in [0.2, 0.25) is 0 Å². The fourth-order valence-corrected chi connectivity index (χ4v) is 5.97. The molecule has 2 aliphatic heterocycles. The molecule has 5 heterocycles. The third kappa shape index (κ3) is 3.80. The molecule has 0 aliphatic carbocycles. The number of thioether (sulfide) groups is 1. The van der Waals surface area contributed by atoms with Crippen LogP contribution in [0.3, 0.4) is 0 Å². The Labute approximate surface area is 187 Å². The first kappa shape index (κ1) is 20.4. The van der Waals surface area contributed by atoms with E-state index in [2.05, 4.69) is 20.3 Å². The number of nitrogens with zero attached hydrogens (tertiary/aromatic N) is 7. The molecule has 0 saturated carbocycles. The number of thiazole rings is 1. The van der Waals surface area contributed by atoms with E-state index in [4.69, 9.17) is 0 Å². The maximum absolute atomic E-state index is 13.1. The Balaban J connectivity index is 1.25. The van der Waals surface area contributed by atoms with E-state index in [0.29, 0.717) is 35.8 Å². The predicted molar refractivity (Wildman–Crippen MR) is 119 cm³/mol. The lowest BCUT2D eigenvalue weighted by Gasteiger charge is -2.31. The van der Waals surface area contributed by atoms with Gasteiger partial charge in [-0.25, -0.2) is 9.50 Å². The van der Waals surface area contributed by atoms with Gasteiger partial charge < -0.3 is 9.80 Å². The van der Waals surface area contributed by atoms with Gasteiger partial charge in [0.05, 0.1) is 22.3 Å². The standard InChI is InChI=1S/C20H23N7O2S2/c1-12-9-16-22-23-17(13(2)27(16)24-12)20(29)25-5-3-14(4-6-25)18-21-15(10-31-18)19(28)26-7-8-30-11-26/h9-10,14H,3-8,11H2,1-2H3. The first-order valence-corrected chi connectivity index (χ1v) is 12.4. The number of amides is 2. The largest absolute Gasteiger partial charge is 0.337 e. The van der Waals surface area contributed by atoms with Crippen molar-refractivity contribution in [1.29, 1.82) is 0 Å². The predicted octanol–water partition coefficient (Wildman–Crippen LogP) is 2.36. The maximum Gasteiger partial charge on any atom is 0.276 e. The molecule has 2 amide bonds. The smallest absolute Gasteiger partial charge is 0.276 e. The van der Waals surface area contributed by atoms with Gasteiger partial charge in [-0.2, -0.15) is 5.10 Å². The Hall–Kier alpha value is -2.53. The van der Waals surface area contributed by atoms with Crippen molar-refractivity contribution in [2.45, 2.75) is 32.6 Å². The van der Waals surface area contributed by atoms with Crippen molar-refractivity contribution >= 4 is 40.6 Å². The van der Waals surface area contributed by atoms with Crippen LogP contribution in [0.1, 0.15) is 56.1 Å². The van der Waals surface area contributed by atoms with Gasteiger partial charge in [0.25, 0.3) is 11.8 Å². The molecule has 0 N–H and O–H groups in total. The topological polar surface area (TPSA) is 96.6 Å². The highest BCUT2D eigenvalue weighted by Gasteiger charge is 2.30. The summed E-state index contributed by atoms with van der Waals surface area (Å²) in [7, 11) is 0. The van der Waals surface area contributed by atoms with Crippen LogP contribution < -0.4 is 0 Å². The molecule has 3 aromatic rings. The molecule has 9 nitrogen and oxygen atoms in total. The van der Waals surface area contributed by atoms with Crippen LogP contribution in [0.5, 0.6) is 0 Å². The molecule has 0 aromatic carbocycles. The van der Waals surface area contributed by atoms with Crippen molar-refractivity contribution in [3.8, 4) is 0 Å². The average Bonchev–Trinajstić information content (AvgIpc) is 3.54. The van der Waals surface area contributed by atoms with E-state index < -0.39 is 0 Å². The third-order valence-corrected chi connectivity index (χ3v) is 7.81. The SMILES string of the molecule is Cc1cc2nnc(C(=O)N3CCC(c4nc(C(=O)N5CCSC5)cs4)CC3)c(C)n2n1. The van der Waals surface area contributed by atoms with E-state index in [1.54, 1.807) is 27.6 Å². The van der Waals surface area contributed by atoms with Gasteiger partial charge in [0.15, 0.2) is 11.3 Å². The number of carbonyl (C=O) groups is 2. The summed E-state index contributed by atoms with van der Waals surface area (Å²) in [5.41, 5.74) is 3.09. The highest BCUT2D eigenvalue weighted by atomic mass is 32.2. The van der Waals surface area contributed by atoms with Crippen LogP contribution >= 0.6 is 23.1 Å². The summed E-state index contributed by atoms with van der Waals surface area (Å²) in [6, 6.07) is 1.84. The van der Waals surface area contributed by atoms with E-state index in [1.807, 2.05) is 35.1 Å². The summed E-state index contributed by atoms with van der Waals surface area (Å²) in [6.45, 7) is 5.80. The lowest BCUT2D eigenvalue weighted by atomic mass is 9.97. The Morgan fingerprint density at radius 2 is 1.87 bits per heavy atom. The highest BCUT2D eigenvalue weighted by molar-refractivity contribution is 7.99. The van der Waals surface area contributed by atoms with Crippen LogP contribution in [0.4, 0.5) is 0 Å². The molecule has 0 radical (unpaired) electrons. The Morgan fingerprint density at radius 1 is 1.06 bits per heavy atom. The maximum atomic E-state index is 13.1. The normalized spacial score (nSPS) is 17.6. The Kier molecular flexibility index (Phi) is 5.39. The molecule has 11 heteroatoms. The second-order valence-corrected chi connectivity index (χ2v) is 9.90. The van der Waals surface area contributed by atoms with Gasteiger partial charge >= 0.3 is 0 Å². The molecule has 3 aromatic heterocycles. The second-order valence-electron chi connectivity index (χ2n) is 7.93. The van der Waals surface area contributed by atoms with Crippen LogP contribution in [0.25, 0.3) is 5.65 Å². The minimum absolute atomic E-state index is 0.0263. The van der Waals surface area contributed by atoms with Crippen molar-refractivity contribution in [2.24, 2.45) is 0 Å². The summed E-state index contributed by atoms with van der Waals surface area (Å²) in [6.07, 6.45) is 1.64. The molecule has 0 atom stereocenters. The van der Waals surface area contributed by atoms with Gasteiger partial charge in [-0.05, 0) is 26.7 Å². The van der Waals surface area contributed by atoms with E-state index in [1.165, 1.54) is 0 Å². The molecule has 0 unspecified atom stereocenters. The van der Waals surface area contributed by atoms with E-state index in [-0.39, 0.29) is 17.7 Å². The first-order chi connectivity index (χ1) is 15.0. The fraction of sp³-hybridized carbons (Fsp3) is 0.500. The number of likely N-dealkylation sites (tertiary alicyclic amines) is 1. The quantitative estimate of drug-likeness (QED) is 0.596. The van der Waals surface area contributed by atoms with Gasteiger partial charge in [0.1, 0.15) is 5.69 Å². The van der Waals surface area contributed by atoms with Gasteiger partial charge in [0.2, 0.25) is 0 Å². The molecule has 31 heavy (non-hydrogen) atoms. The van der Waals surface area contributed by atoms with Crippen LogP contribution in [-0.4, -0.2) is 77.7 Å². The summed E-state index contributed by atoms with van der Waals surface area (Å²) < 4.78 is 1.68. The molecular weight excluding hydrogens is 434 g/mol. The molecular formula is C20H23N7O2S2. The van der Waals surface area contributed by atoms with E-state index >= 15 is 0 Å². The zero-order valence-corrected chi connectivity index (χ0v) is 19.1. The first-order valence-electron chi connectivity index (χ1n) is 10.3. The van der Waals surface area contributed by atoms with Crippen LogP contribution in [0, 0.1) is 13.8 Å². The summed E-state index contributed by atoms with van der Waals surface area (Å²) in [5, 5.41) is 15.6. The zero-order chi connectivity index (χ0) is 21.5. The number of aromatic nitrogens is 5. The van der Waals surface area contributed by atoms with Crippen molar-refractivity contribution in [1.82, 2.24) is 34.6 Å². The molecule has 5 rings (SSSR count). The number of hydrogen-bond acceptors (Lipinski definition) is 8. The number of hydrogen-bond donors (Lipinski definition) is 0. The number of fused-ring (bicyclic) bond motifs is 1. The van der Waals surface area contributed by atoms with Gasteiger partial charge in [-0.15, -0.1) is 33.3 Å². The van der Waals surface area contributed by atoms with Crippen molar-refractivity contribution < 1.29 is 9.59 Å².